The molecule has 3 rings (SSSR count). The number of carbonyl (C=O) groups excluding carboxylic acids is 1. The van der Waals surface area contributed by atoms with E-state index in [4.69, 9.17) is 0 Å². The van der Waals surface area contributed by atoms with Crippen LogP contribution in [0.1, 0.15) is 18.1 Å². The van der Waals surface area contributed by atoms with E-state index < -0.39 is 15.1 Å². The van der Waals surface area contributed by atoms with Gasteiger partial charge in [-0.1, -0.05) is 42.5 Å². The first-order valence-corrected chi connectivity index (χ1v) is 9.19. The topological polar surface area (TPSA) is 54.5 Å². The normalized spacial score (nSPS) is 15.8. The molecule has 23 heavy (non-hydrogen) atoms. The Balaban J connectivity index is 1.81. The quantitative estimate of drug-likeness (QED) is 0.869. The second-order valence-electron chi connectivity index (χ2n) is 5.78. The molecule has 4 nitrogen and oxygen atoms in total. The molecule has 0 aromatic heterocycles. The van der Waals surface area contributed by atoms with E-state index in [0.717, 1.165) is 12.0 Å². The highest BCUT2D eigenvalue weighted by molar-refractivity contribution is 7.92. The lowest BCUT2D eigenvalue weighted by molar-refractivity contribution is -0.131. The summed E-state index contributed by atoms with van der Waals surface area (Å²) in [6, 6.07) is 16.1. The summed E-state index contributed by atoms with van der Waals surface area (Å²) in [6.45, 7) is 2.51. The predicted molar refractivity (Wildman–Crippen MR) is 88.7 cm³/mol. The van der Waals surface area contributed by atoms with Crippen molar-refractivity contribution in [2.75, 3.05) is 6.54 Å². The third-order valence-electron chi connectivity index (χ3n) is 4.33. The average Bonchev–Trinajstić information content (AvgIpc) is 2.60. The number of rotatable bonds is 3. The van der Waals surface area contributed by atoms with Crippen LogP contribution in [-0.2, 0) is 27.6 Å². The van der Waals surface area contributed by atoms with Gasteiger partial charge in [0.15, 0.2) is 9.84 Å². The van der Waals surface area contributed by atoms with E-state index in [1.807, 2.05) is 18.2 Å². The van der Waals surface area contributed by atoms with Crippen LogP contribution in [0.3, 0.4) is 0 Å². The molecule has 0 saturated heterocycles. The summed E-state index contributed by atoms with van der Waals surface area (Å²) in [5.41, 5.74) is 2.33. The van der Waals surface area contributed by atoms with E-state index in [2.05, 4.69) is 6.07 Å². The maximum atomic E-state index is 12.7. The van der Waals surface area contributed by atoms with Crippen LogP contribution in [0.15, 0.2) is 59.5 Å². The molecule has 1 amide bonds. The number of hydrogen-bond acceptors (Lipinski definition) is 3. The van der Waals surface area contributed by atoms with Crippen LogP contribution < -0.4 is 0 Å². The van der Waals surface area contributed by atoms with Crippen molar-refractivity contribution in [1.29, 1.82) is 0 Å². The van der Waals surface area contributed by atoms with Gasteiger partial charge in [0.1, 0.15) is 5.25 Å². The number of carbonyl (C=O) groups is 1. The second-order valence-corrected chi connectivity index (χ2v) is 8.05. The number of benzene rings is 2. The molecule has 1 heterocycles. The van der Waals surface area contributed by atoms with E-state index in [1.54, 1.807) is 23.1 Å². The Labute approximate surface area is 136 Å². The molecule has 2 aromatic carbocycles. The summed E-state index contributed by atoms with van der Waals surface area (Å²) in [5.74, 6) is -0.330. The number of hydrogen-bond donors (Lipinski definition) is 0. The lowest BCUT2D eigenvalue weighted by Crippen LogP contribution is -2.43. The smallest absolute Gasteiger partial charge is 0.241 e. The average molecular weight is 329 g/mol. The first kappa shape index (κ1) is 15.7. The molecule has 1 atom stereocenters. The van der Waals surface area contributed by atoms with Gasteiger partial charge in [-0.3, -0.25) is 4.79 Å². The highest BCUT2D eigenvalue weighted by atomic mass is 32.2. The Morgan fingerprint density at radius 3 is 2.30 bits per heavy atom. The van der Waals surface area contributed by atoms with Crippen molar-refractivity contribution >= 4 is 15.7 Å². The fourth-order valence-electron chi connectivity index (χ4n) is 2.89. The van der Waals surface area contributed by atoms with E-state index in [0.29, 0.717) is 13.1 Å². The van der Waals surface area contributed by atoms with Crippen LogP contribution in [0.4, 0.5) is 0 Å². The molecule has 0 aliphatic carbocycles. The second kappa shape index (κ2) is 6.16. The number of amides is 1. The van der Waals surface area contributed by atoms with Crippen LogP contribution in [0.5, 0.6) is 0 Å². The molecule has 0 N–H and O–H groups in total. The fourth-order valence-corrected chi connectivity index (χ4v) is 4.25. The molecule has 120 valence electrons. The Bertz CT molecular complexity index is 815. The van der Waals surface area contributed by atoms with Gasteiger partial charge in [-0.2, -0.15) is 0 Å². The fraction of sp³-hybridized carbons (Fsp3) is 0.278. The number of nitrogens with zero attached hydrogens (tertiary/aromatic N) is 1. The van der Waals surface area contributed by atoms with Crippen LogP contribution in [-0.4, -0.2) is 31.0 Å². The number of sulfone groups is 1. The largest absolute Gasteiger partial charge is 0.337 e. The molecule has 0 fully saturated rings. The van der Waals surface area contributed by atoms with Gasteiger partial charge in [0.2, 0.25) is 5.91 Å². The highest BCUT2D eigenvalue weighted by Gasteiger charge is 2.34. The lowest BCUT2D eigenvalue weighted by atomic mass is 10.00. The molecule has 1 aliphatic heterocycles. The minimum absolute atomic E-state index is 0.193. The van der Waals surface area contributed by atoms with Gasteiger partial charge in [-0.25, -0.2) is 8.42 Å². The van der Waals surface area contributed by atoms with Crippen molar-refractivity contribution in [3.05, 3.63) is 65.7 Å². The zero-order valence-electron chi connectivity index (χ0n) is 13.0. The molecule has 2 aromatic rings. The first-order chi connectivity index (χ1) is 11.0. The van der Waals surface area contributed by atoms with Gasteiger partial charge in [-0.15, -0.1) is 0 Å². The summed E-state index contributed by atoms with van der Waals surface area (Å²) in [5, 5.41) is -1.07. The maximum absolute atomic E-state index is 12.7. The van der Waals surface area contributed by atoms with Gasteiger partial charge in [-0.05, 0) is 36.6 Å². The first-order valence-electron chi connectivity index (χ1n) is 7.64. The maximum Gasteiger partial charge on any atom is 0.241 e. The molecule has 5 heteroatoms. The molecule has 1 unspecified atom stereocenters. The van der Waals surface area contributed by atoms with Crippen molar-refractivity contribution in [3.63, 3.8) is 0 Å². The molecule has 1 aliphatic rings. The summed E-state index contributed by atoms with van der Waals surface area (Å²) >= 11 is 0. The lowest BCUT2D eigenvalue weighted by Gasteiger charge is -2.30. The molecule has 0 saturated carbocycles. The molecule has 0 spiro atoms. The molecular formula is C18H19NO3S. The van der Waals surface area contributed by atoms with Crippen LogP contribution >= 0.6 is 0 Å². The summed E-state index contributed by atoms with van der Waals surface area (Å²) in [4.78, 5) is 14.5. The van der Waals surface area contributed by atoms with E-state index in [-0.39, 0.29) is 10.8 Å². The Kier molecular flexibility index (Phi) is 4.22. The van der Waals surface area contributed by atoms with Gasteiger partial charge >= 0.3 is 0 Å². The standard InChI is InChI=1S/C18H19NO3S/c1-14(23(21,22)17-9-3-2-4-10-17)18(20)19-12-11-15-7-5-6-8-16(15)13-19/h2-10,14H,11-13H2,1H3. The van der Waals surface area contributed by atoms with Crippen molar-refractivity contribution in [2.24, 2.45) is 0 Å². The van der Waals surface area contributed by atoms with Crippen molar-refractivity contribution in [2.45, 2.75) is 30.0 Å². The monoisotopic (exact) mass is 329 g/mol. The minimum atomic E-state index is -3.66. The van der Waals surface area contributed by atoms with Crippen molar-refractivity contribution in [1.82, 2.24) is 4.90 Å². The van der Waals surface area contributed by atoms with Gasteiger partial charge in [0, 0.05) is 13.1 Å². The minimum Gasteiger partial charge on any atom is -0.337 e. The Morgan fingerprint density at radius 2 is 1.61 bits per heavy atom. The van der Waals surface area contributed by atoms with E-state index in [1.165, 1.54) is 24.6 Å². The molecule has 0 radical (unpaired) electrons. The Hall–Kier alpha value is -2.14. The van der Waals surface area contributed by atoms with Gasteiger partial charge in [0.05, 0.1) is 4.90 Å². The third kappa shape index (κ3) is 3.01. The van der Waals surface area contributed by atoms with Crippen molar-refractivity contribution in [3.8, 4) is 0 Å². The summed E-state index contributed by atoms with van der Waals surface area (Å²) < 4.78 is 25.2. The highest BCUT2D eigenvalue weighted by Crippen LogP contribution is 2.22. The van der Waals surface area contributed by atoms with E-state index >= 15 is 0 Å². The van der Waals surface area contributed by atoms with Crippen LogP contribution in [0, 0.1) is 0 Å². The van der Waals surface area contributed by atoms with Crippen molar-refractivity contribution < 1.29 is 13.2 Å². The summed E-state index contributed by atoms with van der Waals surface area (Å²) in [6.07, 6.45) is 0.764. The Morgan fingerprint density at radius 1 is 1.00 bits per heavy atom. The van der Waals surface area contributed by atoms with Gasteiger partial charge in [0.25, 0.3) is 0 Å². The zero-order chi connectivity index (χ0) is 16.4. The van der Waals surface area contributed by atoms with Gasteiger partial charge < -0.3 is 4.90 Å². The van der Waals surface area contributed by atoms with Crippen LogP contribution in [0.25, 0.3) is 0 Å². The van der Waals surface area contributed by atoms with E-state index in [9.17, 15) is 13.2 Å². The molecule has 0 bridgehead atoms. The predicted octanol–water partition coefficient (Wildman–Crippen LogP) is 2.43. The third-order valence-corrected chi connectivity index (χ3v) is 6.39. The number of fused-ring (bicyclic) bond motifs is 1. The zero-order valence-corrected chi connectivity index (χ0v) is 13.8. The molecular weight excluding hydrogens is 310 g/mol. The summed E-state index contributed by atoms with van der Waals surface area (Å²) in [7, 11) is -3.66. The SMILES string of the molecule is CC(C(=O)N1CCc2ccccc2C1)S(=O)(=O)c1ccccc1. The van der Waals surface area contributed by atoms with Crippen LogP contribution in [0.2, 0.25) is 0 Å².